The highest BCUT2D eigenvalue weighted by Gasteiger charge is 2.53. The maximum absolute atomic E-state index is 15.7. The minimum atomic E-state index is -5.09. The van der Waals surface area contributed by atoms with Crippen LogP contribution in [0.25, 0.3) is 11.2 Å². The second-order valence-corrected chi connectivity index (χ2v) is 11.5. The summed E-state index contributed by atoms with van der Waals surface area (Å²) in [6.45, 7) is -1.55. The first-order valence-corrected chi connectivity index (χ1v) is 14.6. The molecule has 222 valence electrons. The van der Waals surface area contributed by atoms with Crippen LogP contribution in [0.4, 0.5) is 14.6 Å². The zero-order valence-electron chi connectivity index (χ0n) is 20.4. The van der Waals surface area contributed by atoms with Crippen LogP contribution in [0, 0.1) is 0 Å². The van der Waals surface area contributed by atoms with Crippen LogP contribution in [0.5, 0.6) is 0 Å². The molecule has 6 heterocycles. The fourth-order valence-corrected chi connectivity index (χ4v) is 6.53. The Kier molecular flexibility index (Phi) is 7.37. The molecule has 3 aliphatic rings. The summed E-state index contributed by atoms with van der Waals surface area (Å²) in [7, 11) is -8.62. The number of aromatic nitrogens is 6. The van der Waals surface area contributed by atoms with E-state index in [1.165, 1.54) is 10.9 Å². The molecule has 3 aromatic heterocycles. The molecule has 0 saturated carbocycles. The highest BCUT2D eigenvalue weighted by atomic mass is 31.2. The summed E-state index contributed by atoms with van der Waals surface area (Å²) in [5.74, 6) is 0.0174. The molecule has 10 atom stereocenters. The topological polar surface area (TPSA) is 234 Å². The number of phosphoric ester groups is 1. The van der Waals surface area contributed by atoms with E-state index in [4.69, 9.17) is 33.3 Å². The van der Waals surface area contributed by atoms with Gasteiger partial charge in [0, 0.05) is 12.3 Å². The Morgan fingerprint density at radius 2 is 1.78 bits per heavy atom. The predicted octanol–water partition coefficient (Wildman–Crippen LogP) is -0.263. The van der Waals surface area contributed by atoms with Crippen LogP contribution in [0.15, 0.2) is 34.5 Å². The van der Waals surface area contributed by atoms with Crippen LogP contribution in [-0.2, 0) is 36.7 Å². The fourth-order valence-electron chi connectivity index (χ4n) is 4.70. The second kappa shape index (κ2) is 10.7. The number of hydrogen-bond acceptors (Lipinski definition) is 14. The first-order valence-electron chi connectivity index (χ1n) is 11.8. The molecule has 3 aromatic rings. The van der Waals surface area contributed by atoms with E-state index >= 15 is 8.78 Å². The van der Waals surface area contributed by atoms with E-state index in [1.807, 2.05) is 4.98 Å². The third-order valence-corrected chi connectivity index (χ3v) is 8.43. The number of aromatic amines is 1. The van der Waals surface area contributed by atoms with Gasteiger partial charge < -0.3 is 29.1 Å². The molecule has 6 rings (SSSR count). The maximum atomic E-state index is 15.7. The summed E-state index contributed by atoms with van der Waals surface area (Å²) in [4.78, 5) is 47.7. The third kappa shape index (κ3) is 5.26. The van der Waals surface area contributed by atoms with Gasteiger partial charge in [-0.2, -0.15) is 0 Å². The molecule has 18 nitrogen and oxygen atoms in total. The molecule has 3 aliphatic heterocycles. The molecular formula is C19H21F2N7O11P2. The number of alkyl halides is 2. The van der Waals surface area contributed by atoms with Gasteiger partial charge in [-0.05, 0) is 0 Å². The molecular weight excluding hydrogens is 602 g/mol. The highest BCUT2D eigenvalue weighted by Crippen LogP contribution is 2.51. The first kappa shape index (κ1) is 28.2. The number of fused-ring (bicyclic) bond motifs is 3. The molecule has 41 heavy (non-hydrogen) atoms. The number of ether oxygens (including phenoxy) is 2. The second-order valence-electron chi connectivity index (χ2n) is 9.10. The Labute approximate surface area is 226 Å². The van der Waals surface area contributed by atoms with Crippen molar-refractivity contribution < 1.29 is 50.4 Å². The molecule has 3 fully saturated rings. The predicted molar refractivity (Wildman–Crippen MR) is 129 cm³/mol. The summed E-state index contributed by atoms with van der Waals surface area (Å²) in [6, 6.07) is 0.940. The number of nitrogen functional groups attached to an aromatic ring is 1. The molecule has 0 aliphatic carbocycles. The van der Waals surface area contributed by atoms with Crippen LogP contribution in [0.2, 0.25) is 0 Å². The normalized spacial score (nSPS) is 38.2. The lowest BCUT2D eigenvalue weighted by atomic mass is 10.1. The summed E-state index contributed by atoms with van der Waals surface area (Å²) in [5, 5.41) is 0. The number of hydrogen-bond donors (Lipinski definition) is 3. The standard InChI is InChI=1S/C19H21F2N7O11P2/c20-10-13-8(37-17(10)27-2-1-9(29)26-19(27)30)4-35-41(32,33)39-14-7(3-34-40(31)38-13)36-18(11(14)21)28-6-25-12-15(22)23-5-24-16(12)28/h1-2,5-8,10-11,13-14,17-18,40H,3-4H2,(H,32,33)(H2,22,23,24)(H,26,29,30)/t7-,8-,10-,11-,13-,14-,17-,18-/m1/s1. The van der Waals surface area contributed by atoms with Gasteiger partial charge in [0.25, 0.3) is 5.56 Å². The van der Waals surface area contributed by atoms with Crippen LogP contribution >= 0.6 is 16.1 Å². The van der Waals surface area contributed by atoms with Gasteiger partial charge in [-0.25, -0.2) is 33.1 Å². The van der Waals surface area contributed by atoms with Gasteiger partial charge in [0.05, 0.1) is 19.5 Å². The number of imidazole rings is 1. The van der Waals surface area contributed by atoms with Crippen molar-refractivity contribution in [1.82, 2.24) is 29.1 Å². The van der Waals surface area contributed by atoms with Gasteiger partial charge in [0.15, 0.2) is 36.3 Å². The number of phosphoric acid groups is 1. The SMILES string of the molecule is Nc1ncnc2c1ncn2[C@@H]1O[C@@H]2CO[PH](=O)O[C@H]3[C@@H](F)[C@H](n4ccc(=O)[nH]c4=O)O[C@@H]3COP(=O)(O)O[C@H]2[C@H]1F. The number of nitrogens with two attached hydrogens (primary N) is 1. The van der Waals surface area contributed by atoms with Crippen molar-refractivity contribution in [1.29, 1.82) is 0 Å². The number of rotatable bonds is 2. The Morgan fingerprint density at radius 1 is 1.07 bits per heavy atom. The van der Waals surface area contributed by atoms with Crippen LogP contribution < -0.4 is 17.0 Å². The van der Waals surface area contributed by atoms with E-state index < -0.39 is 89.8 Å². The number of H-pyrrole nitrogens is 1. The summed E-state index contributed by atoms with van der Waals surface area (Å²) < 4.78 is 90.2. The van der Waals surface area contributed by atoms with E-state index in [1.54, 1.807) is 0 Å². The highest BCUT2D eigenvalue weighted by molar-refractivity contribution is 7.47. The number of nitrogens with one attached hydrogen (secondary N) is 1. The molecule has 4 N–H and O–H groups in total. The van der Waals surface area contributed by atoms with Crippen molar-refractivity contribution in [3.05, 3.63) is 45.8 Å². The van der Waals surface area contributed by atoms with E-state index in [9.17, 15) is 23.6 Å². The van der Waals surface area contributed by atoms with E-state index in [0.29, 0.717) is 4.57 Å². The fraction of sp³-hybridized carbons (Fsp3) is 0.526. The van der Waals surface area contributed by atoms with Crippen molar-refractivity contribution in [2.24, 2.45) is 0 Å². The Balaban J connectivity index is 1.25. The quantitative estimate of drug-likeness (QED) is 0.312. The summed E-state index contributed by atoms with van der Waals surface area (Å²) in [5.41, 5.74) is 4.25. The largest absolute Gasteiger partial charge is 0.472 e. The lowest BCUT2D eigenvalue weighted by Crippen LogP contribution is -2.37. The molecule has 0 amide bonds. The minimum Gasteiger partial charge on any atom is -0.382 e. The van der Waals surface area contributed by atoms with Crippen LogP contribution in [0.1, 0.15) is 12.5 Å². The van der Waals surface area contributed by atoms with Gasteiger partial charge >= 0.3 is 21.8 Å². The summed E-state index contributed by atoms with van der Waals surface area (Å²) >= 11 is 0. The Bertz CT molecular complexity index is 1650. The van der Waals surface area contributed by atoms with Gasteiger partial charge in [-0.15, -0.1) is 0 Å². The van der Waals surface area contributed by atoms with Crippen molar-refractivity contribution in [2.45, 2.75) is 49.2 Å². The molecule has 0 aromatic carbocycles. The van der Waals surface area contributed by atoms with E-state index in [0.717, 1.165) is 18.6 Å². The van der Waals surface area contributed by atoms with Crippen molar-refractivity contribution in [2.75, 3.05) is 18.9 Å². The molecule has 22 heteroatoms. The van der Waals surface area contributed by atoms with Crippen molar-refractivity contribution in [3.8, 4) is 0 Å². The molecule has 0 radical (unpaired) electrons. The molecule has 0 spiro atoms. The van der Waals surface area contributed by atoms with E-state index in [2.05, 4.69) is 15.0 Å². The summed E-state index contributed by atoms with van der Waals surface area (Å²) in [6.07, 6.45) is -10.7. The number of anilines is 1. The Morgan fingerprint density at radius 3 is 2.54 bits per heavy atom. The van der Waals surface area contributed by atoms with Gasteiger partial charge in [0.1, 0.15) is 36.3 Å². The third-order valence-electron chi connectivity index (χ3n) is 6.58. The minimum absolute atomic E-state index is 0.0174. The zero-order valence-corrected chi connectivity index (χ0v) is 22.3. The Hall–Kier alpha value is -2.93. The molecule has 2 unspecified atom stereocenters. The van der Waals surface area contributed by atoms with Crippen molar-refractivity contribution >= 4 is 33.1 Å². The van der Waals surface area contributed by atoms with Crippen LogP contribution in [0.3, 0.4) is 0 Å². The monoisotopic (exact) mass is 623 g/mol. The van der Waals surface area contributed by atoms with E-state index in [-0.39, 0.29) is 17.0 Å². The molecule has 3 saturated heterocycles. The van der Waals surface area contributed by atoms with Gasteiger partial charge in [-0.3, -0.25) is 32.5 Å². The number of halogens is 2. The lowest BCUT2D eigenvalue weighted by molar-refractivity contribution is -0.0614. The average molecular weight is 623 g/mol. The zero-order chi connectivity index (χ0) is 29.1. The average Bonchev–Trinajstić information content (AvgIpc) is 3.57. The van der Waals surface area contributed by atoms with Gasteiger partial charge in [-0.1, -0.05) is 0 Å². The van der Waals surface area contributed by atoms with Gasteiger partial charge in [0.2, 0.25) is 0 Å². The van der Waals surface area contributed by atoms with Crippen molar-refractivity contribution in [3.63, 3.8) is 0 Å². The van der Waals surface area contributed by atoms with Crippen LogP contribution in [-0.4, -0.2) is 83.9 Å². The number of nitrogens with zero attached hydrogens (tertiary/aromatic N) is 5. The first-order chi connectivity index (χ1) is 19.5. The smallest absolute Gasteiger partial charge is 0.382 e. The maximum Gasteiger partial charge on any atom is 0.472 e. The molecule has 0 bridgehead atoms. The lowest BCUT2D eigenvalue weighted by Gasteiger charge is -2.25.